The molecule has 0 amide bonds. The van der Waals surface area contributed by atoms with E-state index in [9.17, 15) is 4.79 Å². The highest BCUT2D eigenvalue weighted by atomic mass is 35.5. The molecule has 0 saturated heterocycles. The smallest absolute Gasteiger partial charge is 0.363 e. The summed E-state index contributed by atoms with van der Waals surface area (Å²) in [4.78, 5) is 16.7. The molecule has 0 atom stereocenters. The Bertz CT molecular complexity index is 885. The minimum Gasteiger partial charge on any atom is -0.461 e. The average Bonchev–Trinajstić information content (AvgIpc) is 2.56. The number of nitrogens with zero attached hydrogens (tertiary/aromatic N) is 2. The number of pyridine rings is 2. The number of esters is 1. The predicted octanol–water partition coefficient (Wildman–Crippen LogP) is 3.34. The summed E-state index contributed by atoms with van der Waals surface area (Å²) in [5, 5.41) is 1.09. The molecule has 0 saturated carbocycles. The Kier molecular flexibility index (Phi) is 3.67. The van der Waals surface area contributed by atoms with Gasteiger partial charge in [0.25, 0.3) is 0 Å². The number of fused-ring (bicyclic) bond motifs is 1. The van der Waals surface area contributed by atoms with Crippen molar-refractivity contribution in [3.8, 4) is 5.69 Å². The van der Waals surface area contributed by atoms with Crippen LogP contribution in [0.3, 0.4) is 0 Å². The Morgan fingerprint density at radius 2 is 2.14 bits per heavy atom. The van der Waals surface area contributed by atoms with Gasteiger partial charge in [0.1, 0.15) is 0 Å². The first-order valence-electron chi connectivity index (χ1n) is 7.35. The second kappa shape index (κ2) is 6.12. The fraction of sp³-hybridized carbons (Fsp3) is 0.118. The highest BCUT2D eigenvalue weighted by Crippen LogP contribution is 2.21. The number of carbonyl (C=O) groups is 1. The molecule has 0 spiro atoms. The summed E-state index contributed by atoms with van der Waals surface area (Å²) < 4.78 is 15.3. The quantitative estimate of drug-likeness (QED) is 0.550. The molecule has 22 heavy (non-hydrogen) atoms. The summed E-state index contributed by atoms with van der Waals surface area (Å²) in [5.74, 6) is -0.552. The lowest BCUT2D eigenvalue weighted by molar-refractivity contribution is -0.596. The number of aromatic nitrogens is 2. The zero-order chi connectivity index (χ0) is 16.4. The molecule has 0 aliphatic heterocycles. The molecule has 0 aliphatic carbocycles. The van der Waals surface area contributed by atoms with Crippen LogP contribution in [0.5, 0.6) is 0 Å². The average molecular weight is 315 g/mol. The Morgan fingerprint density at radius 1 is 1.36 bits per heavy atom. The van der Waals surface area contributed by atoms with Crippen molar-refractivity contribution in [3.05, 3.63) is 65.6 Å². The standard InChI is InChI=1S/C17H14ClN2O2/c1-2-22-17(21)16-15(20-8-4-3-5-9-20)11-12-10-13(18)6-7-14(12)19-16/h3-11H,2H2,1H3/q+1/i11D. The Labute approximate surface area is 134 Å². The van der Waals surface area contributed by atoms with Gasteiger partial charge in [0.05, 0.1) is 13.5 Å². The summed E-state index contributed by atoms with van der Waals surface area (Å²) >= 11 is 6.03. The third kappa shape index (κ3) is 2.78. The Morgan fingerprint density at radius 3 is 2.86 bits per heavy atom. The largest absolute Gasteiger partial charge is 0.461 e. The van der Waals surface area contributed by atoms with E-state index < -0.39 is 5.97 Å². The molecule has 1 aromatic carbocycles. The van der Waals surface area contributed by atoms with Gasteiger partial charge in [-0.1, -0.05) is 17.7 Å². The van der Waals surface area contributed by atoms with Crippen LogP contribution < -0.4 is 4.57 Å². The van der Waals surface area contributed by atoms with E-state index in [1.165, 1.54) is 0 Å². The van der Waals surface area contributed by atoms with Crippen LogP contribution in [-0.4, -0.2) is 17.6 Å². The van der Waals surface area contributed by atoms with Crippen LogP contribution >= 0.6 is 11.6 Å². The SMILES string of the molecule is [2H]c1c(-[n+]2ccccc2)c(C(=O)OCC)nc2ccc(Cl)cc12. The van der Waals surface area contributed by atoms with Gasteiger partial charge in [0, 0.05) is 28.6 Å². The van der Waals surface area contributed by atoms with Gasteiger partial charge in [-0.05, 0) is 25.1 Å². The maximum Gasteiger partial charge on any atom is 0.363 e. The summed E-state index contributed by atoms with van der Waals surface area (Å²) in [7, 11) is 0. The molecule has 3 aromatic rings. The molecule has 4 nitrogen and oxygen atoms in total. The van der Waals surface area contributed by atoms with E-state index in [-0.39, 0.29) is 18.3 Å². The highest BCUT2D eigenvalue weighted by molar-refractivity contribution is 6.31. The number of benzene rings is 1. The fourth-order valence-electron chi connectivity index (χ4n) is 2.14. The summed E-state index contributed by atoms with van der Waals surface area (Å²) in [6, 6.07) is 10.7. The molecular formula is C17H14ClN2O2+. The normalized spacial score (nSPS) is 11.3. The van der Waals surface area contributed by atoms with Crippen LogP contribution in [0.25, 0.3) is 16.6 Å². The van der Waals surface area contributed by atoms with Crippen molar-refractivity contribution in [2.75, 3.05) is 6.61 Å². The molecule has 2 aromatic heterocycles. The number of carbonyl (C=O) groups excluding carboxylic acids is 1. The van der Waals surface area contributed by atoms with Crippen LogP contribution in [0.4, 0.5) is 0 Å². The first kappa shape index (κ1) is 13.2. The minimum absolute atomic E-state index is 0.114. The van der Waals surface area contributed by atoms with Gasteiger partial charge in [-0.25, -0.2) is 9.78 Å². The van der Waals surface area contributed by atoms with Crippen molar-refractivity contribution in [1.29, 1.82) is 0 Å². The number of ether oxygens (including phenoxy) is 1. The van der Waals surface area contributed by atoms with Gasteiger partial charge in [-0.3, -0.25) is 0 Å². The number of halogens is 1. The van der Waals surface area contributed by atoms with E-state index in [2.05, 4.69) is 4.98 Å². The molecule has 0 radical (unpaired) electrons. The van der Waals surface area contributed by atoms with Crippen molar-refractivity contribution < 1.29 is 15.5 Å². The number of rotatable bonds is 3. The van der Waals surface area contributed by atoms with Crippen molar-refractivity contribution >= 4 is 28.5 Å². The van der Waals surface area contributed by atoms with Crippen LogP contribution in [0, 0.1) is 0 Å². The molecule has 0 unspecified atom stereocenters. The highest BCUT2D eigenvalue weighted by Gasteiger charge is 2.22. The number of hydrogen-bond acceptors (Lipinski definition) is 3. The summed E-state index contributed by atoms with van der Waals surface area (Å²) in [6.45, 7) is 1.97. The first-order chi connectivity index (χ1) is 11.1. The zero-order valence-electron chi connectivity index (χ0n) is 12.9. The van der Waals surface area contributed by atoms with Gasteiger partial charge in [-0.2, -0.15) is 4.57 Å². The first-order valence-corrected chi connectivity index (χ1v) is 7.23. The molecule has 5 heteroatoms. The van der Waals surface area contributed by atoms with Crippen molar-refractivity contribution in [2.24, 2.45) is 0 Å². The van der Waals surface area contributed by atoms with Crippen LogP contribution in [-0.2, 0) is 4.74 Å². The molecule has 0 N–H and O–H groups in total. The van der Waals surface area contributed by atoms with Gasteiger partial charge in [0.2, 0.25) is 11.4 Å². The van der Waals surface area contributed by atoms with Gasteiger partial charge >= 0.3 is 5.97 Å². The van der Waals surface area contributed by atoms with Crippen molar-refractivity contribution in [1.82, 2.24) is 4.98 Å². The third-order valence-electron chi connectivity index (χ3n) is 3.11. The van der Waals surface area contributed by atoms with E-state index in [1.807, 2.05) is 18.2 Å². The fourth-order valence-corrected chi connectivity index (χ4v) is 2.31. The maximum atomic E-state index is 12.3. The minimum atomic E-state index is -0.552. The summed E-state index contributed by atoms with van der Waals surface area (Å²) in [6.07, 6.45) is 3.52. The van der Waals surface area contributed by atoms with Crippen molar-refractivity contribution in [3.63, 3.8) is 0 Å². The molecule has 0 fully saturated rings. The molecule has 110 valence electrons. The molecule has 3 rings (SSSR count). The van der Waals surface area contributed by atoms with Gasteiger partial charge in [-0.15, -0.1) is 0 Å². The topological polar surface area (TPSA) is 43.1 Å². The zero-order valence-corrected chi connectivity index (χ0v) is 12.7. The second-order valence-corrected chi connectivity index (χ2v) is 5.04. The second-order valence-electron chi connectivity index (χ2n) is 4.60. The lowest BCUT2D eigenvalue weighted by Gasteiger charge is -2.06. The Balaban J connectivity index is 2.35. The van der Waals surface area contributed by atoms with E-state index in [0.717, 1.165) is 0 Å². The lowest BCUT2D eigenvalue weighted by atomic mass is 10.1. The van der Waals surface area contributed by atoms with Crippen LogP contribution in [0.2, 0.25) is 5.02 Å². The van der Waals surface area contributed by atoms with E-state index >= 15 is 0 Å². The number of hydrogen-bond donors (Lipinski definition) is 0. The maximum absolute atomic E-state index is 12.3. The van der Waals surface area contributed by atoms with Gasteiger partial charge < -0.3 is 4.74 Å². The third-order valence-corrected chi connectivity index (χ3v) is 3.35. The Hall–Kier alpha value is -2.46. The predicted molar refractivity (Wildman–Crippen MR) is 84.2 cm³/mol. The monoisotopic (exact) mass is 314 g/mol. The summed E-state index contributed by atoms with van der Waals surface area (Å²) in [5.41, 5.74) is 1.02. The van der Waals surface area contributed by atoms with E-state index in [4.69, 9.17) is 17.7 Å². The molecule has 0 aliphatic rings. The van der Waals surface area contributed by atoms with E-state index in [0.29, 0.717) is 21.6 Å². The van der Waals surface area contributed by atoms with E-state index in [1.54, 1.807) is 42.1 Å². The molecular weight excluding hydrogens is 300 g/mol. The lowest BCUT2D eigenvalue weighted by Crippen LogP contribution is -2.32. The van der Waals surface area contributed by atoms with Crippen molar-refractivity contribution in [2.45, 2.75) is 6.92 Å². The van der Waals surface area contributed by atoms with Gasteiger partial charge in [0.15, 0.2) is 12.4 Å². The molecule has 2 heterocycles. The van der Waals surface area contributed by atoms with Crippen LogP contribution in [0.15, 0.2) is 54.8 Å². The molecule has 0 bridgehead atoms. The van der Waals surface area contributed by atoms with Crippen LogP contribution in [0.1, 0.15) is 18.8 Å².